The van der Waals surface area contributed by atoms with Gasteiger partial charge in [0.15, 0.2) is 0 Å². The van der Waals surface area contributed by atoms with Gasteiger partial charge < -0.3 is 10.7 Å². The molecule has 1 atom stereocenters. The predicted molar refractivity (Wildman–Crippen MR) is 79.5 cm³/mol. The molecule has 0 aliphatic heterocycles. The van der Waals surface area contributed by atoms with Crippen molar-refractivity contribution in [3.8, 4) is 0 Å². The minimum Gasteiger partial charge on any atom is -0.343 e. The highest BCUT2D eigenvalue weighted by molar-refractivity contribution is 7.11. The van der Waals surface area contributed by atoms with Crippen LogP contribution in [0.25, 0.3) is 0 Å². The summed E-state index contributed by atoms with van der Waals surface area (Å²) >= 11 is 1.57. The van der Waals surface area contributed by atoms with Crippen LogP contribution in [-0.2, 0) is 0 Å². The van der Waals surface area contributed by atoms with Crippen LogP contribution in [0.2, 0.25) is 0 Å². The molecular formula is C13H17N5OS. The zero-order chi connectivity index (χ0) is 14.7. The molecule has 7 heteroatoms. The Morgan fingerprint density at radius 2 is 2.15 bits per heavy atom. The molecule has 0 saturated carbocycles. The molecule has 0 aliphatic carbocycles. The molecule has 2 rings (SSSR count). The molecule has 4 N–H and O–H groups in total. The molecule has 0 aromatic carbocycles. The van der Waals surface area contributed by atoms with Crippen molar-refractivity contribution in [2.45, 2.75) is 26.8 Å². The van der Waals surface area contributed by atoms with E-state index in [9.17, 15) is 4.79 Å². The summed E-state index contributed by atoms with van der Waals surface area (Å²) < 4.78 is 0. The SMILES string of the molecule is Cc1cc(C(=O)NC(C)c2ncc(C)s2)cc(NN)n1. The number of nitrogens with one attached hydrogen (secondary N) is 2. The molecule has 0 bridgehead atoms. The van der Waals surface area contributed by atoms with Crippen molar-refractivity contribution in [3.05, 3.63) is 39.5 Å². The Morgan fingerprint density at radius 3 is 2.75 bits per heavy atom. The van der Waals surface area contributed by atoms with E-state index in [1.165, 1.54) is 0 Å². The molecular weight excluding hydrogens is 274 g/mol. The van der Waals surface area contributed by atoms with Gasteiger partial charge in [0.1, 0.15) is 10.8 Å². The zero-order valence-electron chi connectivity index (χ0n) is 11.6. The summed E-state index contributed by atoms with van der Waals surface area (Å²) in [4.78, 5) is 21.8. The fourth-order valence-electron chi connectivity index (χ4n) is 1.79. The lowest BCUT2D eigenvalue weighted by Crippen LogP contribution is -2.27. The van der Waals surface area contributed by atoms with E-state index in [0.29, 0.717) is 11.4 Å². The van der Waals surface area contributed by atoms with Crippen LogP contribution in [0.1, 0.15) is 38.9 Å². The van der Waals surface area contributed by atoms with Gasteiger partial charge in [-0.3, -0.25) is 4.79 Å². The maximum atomic E-state index is 12.2. The van der Waals surface area contributed by atoms with Crippen LogP contribution in [0, 0.1) is 13.8 Å². The molecule has 106 valence electrons. The number of aryl methyl sites for hydroxylation is 2. The molecule has 2 aromatic rings. The number of hydrogen-bond acceptors (Lipinski definition) is 6. The molecule has 0 spiro atoms. The van der Waals surface area contributed by atoms with E-state index in [-0.39, 0.29) is 11.9 Å². The monoisotopic (exact) mass is 291 g/mol. The van der Waals surface area contributed by atoms with Crippen LogP contribution in [-0.4, -0.2) is 15.9 Å². The third kappa shape index (κ3) is 3.31. The van der Waals surface area contributed by atoms with E-state index in [0.717, 1.165) is 15.6 Å². The normalized spacial score (nSPS) is 12.0. The van der Waals surface area contributed by atoms with Crippen molar-refractivity contribution in [2.24, 2.45) is 5.84 Å². The molecule has 2 aromatic heterocycles. The van der Waals surface area contributed by atoms with E-state index >= 15 is 0 Å². The first kappa shape index (κ1) is 14.4. The highest BCUT2D eigenvalue weighted by Crippen LogP contribution is 2.19. The lowest BCUT2D eigenvalue weighted by molar-refractivity contribution is 0.0939. The first-order chi connectivity index (χ1) is 9.49. The molecule has 0 saturated heterocycles. The molecule has 0 aliphatic rings. The number of amides is 1. The van der Waals surface area contributed by atoms with Crippen LogP contribution in [0.5, 0.6) is 0 Å². The predicted octanol–water partition coefficient (Wildman–Crippen LogP) is 1.93. The number of nitrogens with two attached hydrogens (primary N) is 1. The van der Waals surface area contributed by atoms with Crippen LogP contribution < -0.4 is 16.6 Å². The number of thiazole rings is 1. The minimum atomic E-state index is -0.174. The van der Waals surface area contributed by atoms with Gasteiger partial charge in [-0.1, -0.05) is 0 Å². The Kier molecular flexibility index (Phi) is 4.31. The number of carbonyl (C=O) groups is 1. The zero-order valence-corrected chi connectivity index (χ0v) is 12.4. The average Bonchev–Trinajstić information content (AvgIpc) is 2.84. The molecule has 20 heavy (non-hydrogen) atoms. The second-order valence-corrected chi connectivity index (χ2v) is 5.80. The molecule has 1 unspecified atom stereocenters. The van der Waals surface area contributed by atoms with Gasteiger partial charge >= 0.3 is 0 Å². The van der Waals surface area contributed by atoms with Gasteiger partial charge in [-0.05, 0) is 32.9 Å². The quantitative estimate of drug-likeness (QED) is 0.591. The minimum absolute atomic E-state index is 0.135. The molecule has 0 fully saturated rings. The third-order valence-electron chi connectivity index (χ3n) is 2.72. The summed E-state index contributed by atoms with van der Waals surface area (Å²) in [5.41, 5.74) is 3.69. The second kappa shape index (κ2) is 5.98. The van der Waals surface area contributed by atoms with Gasteiger partial charge in [0.2, 0.25) is 0 Å². The van der Waals surface area contributed by atoms with Gasteiger partial charge in [-0.25, -0.2) is 15.8 Å². The smallest absolute Gasteiger partial charge is 0.252 e. The molecule has 0 radical (unpaired) electrons. The summed E-state index contributed by atoms with van der Waals surface area (Å²) in [6.07, 6.45) is 1.80. The highest BCUT2D eigenvalue weighted by atomic mass is 32.1. The Hall–Kier alpha value is -1.99. The summed E-state index contributed by atoms with van der Waals surface area (Å²) in [6, 6.07) is 3.20. The molecule has 6 nitrogen and oxygen atoms in total. The van der Waals surface area contributed by atoms with Gasteiger partial charge in [-0.2, -0.15) is 0 Å². The van der Waals surface area contributed by atoms with Crippen LogP contribution in [0.3, 0.4) is 0 Å². The van der Waals surface area contributed by atoms with Crippen LogP contribution in [0.15, 0.2) is 18.3 Å². The first-order valence-corrected chi connectivity index (χ1v) is 6.99. The Morgan fingerprint density at radius 1 is 1.40 bits per heavy atom. The fourth-order valence-corrected chi connectivity index (χ4v) is 2.56. The molecule has 1 amide bonds. The largest absolute Gasteiger partial charge is 0.343 e. The van der Waals surface area contributed by atoms with Gasteiger partial charge in [0.25, 0.3) is 5.91 Å². The van der Waals surface area contributed by atoms with Crippen molar-refractivity contribution in [1.82, 2.24) is 15.3 Å². The number of carbonyl (C=O) groups excluding carboxylic acids is 1. The Bertz CT molecular complexity index is 625. The van der Waals surface area contributed by atoms with Crippen molar-refractivity contribution < 1.29 is 4.79 Å². The number of pyridine rings is 1. The maximum absolute atomic E-state index is 12.2. The van der Waals surface area contributed by atoms with Gasteiger partial charge in [0, 0.05) is 22.3 Å². The van der Waals surface area contributed by atoms with Crippen molar-refractivity contribution in [1.29, 1.82) is 0 Å². The lowest BCUT2D eigenvalue weighted by Gasteiger charge is -2.12. The Balaban J connectivity index is 2.13. The Labute approximate surface area is 121 Å². The van der Waals surface area contributed by atoms with E-state index in [1.807, 2.05) is 20.8 Å². The van der Waals surface area contributed by atoms with Gasteiger partial charge in [-0.15, -0.1) is 11.3 Å². The summed E-state index contributed by atoms with van der Waals surface area (Å²) in [5, 5.41) is 3.80. The van der Waals surface area contributed by atoms with E-state index < -0.39 is 0 Å². The lowest BCUT2D eigenvalue weighted by atomic mass is 10.2. The topological polar surface area (TPSA) is 92.9 Å². The highest BCUT2D eigenvalue weighted by Gasteiger charge is 2.15. The van der Waals surface area contributed by atoms with Crippen LogP contribution >= 0.6 is 11.3 Å². The standard InChI is InChI=1S/C13H17N5OS/c1-7-4-10(5-11(16-7)18-14)12(19)17-9(3)13-15-6-8(2)20-13/h4-6,9H,14H2,1-3H3,(H,16,18)(H,17,19). The number of anilines is 1. The van der Waals surface area contributed by atoms with E-state index in [1.54, 1.807) is 29.7 Å². The number of aromatic nitrogens is 2. The number of rotatable bonds is 4. The average molecular weight is 291 g/mol. The van der Waals surface area contributed by atoms with E-state index in [4.69, 9.17) is 5.84 Å². The van der Waals surface area contributed by atoms with Crippen molar-refractivity contribution in [2.75, 3.05) is 5.43 Å². The number of hydrogen-bond donors (Lipinski definition) is 3. The number of nitrogen functional groups attached to an aromatic ring is 1. The first-order valence-electron chi connectivity index (χ1n) is 6.18. The summed E-state index contributed by atoms with van der Waals surface area (Å²) in [5.74, 6) is 5.62. The number of hydrazine groups is 1. The van der Waals surface area contributed by atoms with Crippen molar-refractivity contribution in [3.63, 3.8) is 0 Å². The third-order valence-corrected chi connectivity index (χ3v) is 3.82. The summed E-state index contributed by atoms with van der Waals surface area (Å²) in [6.45, 7) is 5.71. The van der Waals surface area contributed by atoms with Crippen molar-refractivity contribution >= 4 is 23.1 Å². The number of nitrogens with zero attached hydrogens (tertiary/aromatic N) is 2. The van der Waals surface area contributed by atoms with E-state index in [2.05, 4.69) is 20.7 Å². The molecule has 2 heterocycles. The van der Waals surface area contributed by atoms with Crippen LogP contribution in [0.4, 0.5) is 5.82 Å². The maximum Gasteiger partial charge on any atom is 0.252 e. The second-order valence-electron chi connectivity index (χ2n) is 4.53. The fraction of sp³-hybridized carbons (Fsp3) is 0.308. The van der Waals surface area contributed by atoms with Gasteiger partial charge in [0.05, 0.1) is 6.04 Å². The summed E-state index contributed by atoms with van der Waals surface area (Å²) in [7, 11) is 0.